The lowest BCUT2D eigenvalue weighted by molar-refractivity contribution is -0.235. The van der Waals surface area contributed by atoms with Gasteiger partial charge in [0.1, 0.15) is 24.4 Å². The van der Waals surface area contributed by atoms with Gasteiger partial charge in [0.15, 0.2) is 11.4 Å². The van der Waals surface area contributed by atoms with E-state index in [1.165, 1.54) is 25.1 Å². The number of carbonyl (C=O) groups excluding carboxylic acids is 4. The van der Waals surface area contributed by atoms with Gasteiger partial charge in [-0.25, -0.2) is 13.2 Å². The Bertz CT molecular complexity index is 1830. The van der Waals surface area contributed by atoms with E-state index in [-0.39, 0.29) is 41.5 Å². The highest BCUT2D eigenvalue weighted by Crippen LogP contribution is 2.83. The lowest BCUT2D eigenvalue weighted by atomic mass is 9.38. The van der Waals surface area contributed by atoms with Crippen LogP contribution in [0, 0.1) is 69.5 Å². The molecule has 0 aromatic heterocycles. The second-order valence-electron chi connectivity index (χ2n) is 20.5. The Morgan fingerprint density at radius 2 is 1.54 bits per heavy atom. The zero-order valence-electron chi connectivity index (χ0n) is 33.6. The topological polar surface area (TPSA) is 186 Å². The summed E-state index contributed by atoms with van der Waals surface area (Å²) in [5.74, 6) is -6.95. The predicted molar refractivity (Wildman–Crippen MR) is 195 cm³/mol. The lowest BCUT2D eigenvalue weighted by Crippen LogP contribution is -2.70. The molecule has 0 amide bonds. The molecular formula is C39H59NO12SSi. The molecule has 0 aromatic rings. The average molecular weight is 794 g/mol. The van der Waals surface area contributed by atoms with Gasteiger partial charge >= 0.3 is 17.9 Å². The molecule has 5 unspecified atom stereocenters. The van der Waals surface area contributed by atoms with E-state index >= 15 is 0 Å². The van der Waals surface area contributed by atoms with Crippen LogP contribution in [0.5, 0.6) is 0 Å². The fourth-order valence-electron chi connectivity index (χ4n) is 14.7. The van der Waals surface area contributed by atoms with Gasteiger partial charge in [0.05, 0.1) is 23.3 Å². The fourth-order valence-corrected chi connectivity index (χ4v) is 19.8. The normalized spacial score (nSPS) is 56.5. The molecule has 5 aliphatic carbocycles. The number of aliphatic hydroxyl groups excluding tert-OH is 1. The minimum Gasteiger partial charge on any atom is -0.462 e. The van der Waals surface area contributed by atoms with E-state index in [0.29, 0.717) is 12.5 Å². The van der Waals surface area contributed by atoms with Crippen molar-refractivity contribution in [3.63, 3.8) is 0 Å². The molecule has 5 saturated carbocycles. The summed E-state index contributed by atoms with van der Waals surface area (Å²) in [6, 6.07) is -0.283. The summed E-state index contributed by atoms with van der Waals surface area (Å²) in [6.45, 7) is 22.4. The van der Waals surface area contributed by atoms with E-state index < -0.39 is 123 Å². The number of ether oxygens (including phenoxy) is 4. The van der Waals surface area contributed by atoms with Gasteiger partial charge < -0.3 is 29.2 Å². The van der Waals surface area contributed by atoms with Crippen molar-refractivity contribution in [1.29, 1.82) is 0 Å². The molecule has 0 radical (unpaired) electrons. The van der Waals surface area contributed by atoms with Crippen LogP contribution < -0.4 is 0 Å². The van der Waals surface area contributed by atoms with E-state index in [2.05, 4.69) is 40.4 Å². The van der Waals surface area contributed by atoms with Crippen molar-refractivity contribution < 1.29 is 56.8 Å². The van der Waals surface area contributed by atoms with Crippen LogP contribution in [-0.4, -0.2) is 108 Å². The first-order valence-electron chi connectivity index (χ1n) is 19.9. The number of fused-ring (bicyclic) bond motifs is 9. The van der Waals surface area contributed by atoms with Crippen LogP contribution in [0.3, 0.4) is 0 Å². The van der Waals surface area contributed by atoms with Gasteiger partial charge in [-0.05, 0) is 54.4 Å². The zero-order chi connectivity index (χ0) is 40.0. The first-order valence-corrected chi connectivity index (χ1v) is 25.2. The summed E-state index contributed by atoms with van der Waals surface area (Å²) >= 11 is 0. The van der Waals surface area contributed by atoms with Crippen molar-refractivity contribution in [1.82, 2.24) is 4.31 Å². The third-order valence-electron chi connectivity index (χ3n) is 17.2. The molecule has 8 rings (SSSR count). The highest BCUT2D eigenvalue weighted by atomic mass is 32.2. The summed E-state index contributed by atoms with van der Waals surface area (Å²) in [6.07, 6.45) is -3.43. The first kappa shape index (κ1) is 38.9. The molecule has 13 nitrogen and oxygen atoms in total. The average Bonchev–Trinajstić information content (AvgIpc) is 3.94. The number of nitrogens with zero attached hydrogens (tertiary/aromatic N) is 1. The monoisotopic (exact) mass is 793 g/mol. The van der Waals surface area contributed by atoms with Crippen molar-refractivity contribution in [3.8, 4) is 0 Å². The van der Waals surface area contributed by atoms with E-state index in [0.717, 1.165) is 0 Å². The Labute approximate surface area is 319 Å². The summed E-state index contributed by atoms with van der Waals surface area (Å²) in [5, 5.41) is 24.8. The number of Topliss-reactive ketones (excluding diaryl/α,β-unsaturated/α-hetero) is 1. The molecule has 3 saturated heterocycles. The van der Waals surface area contributed by atoms with E-state index in [9.17, 15) is 37.8 Å². The second-order valence-corrected chi connectivity index (χ2v) is 28.1. The van der Waals surface area contributed by atoms with Crippen molar-refractivity contribution in [2.45, 2.75) is 142 Å². The number of esters is 3. The molecule has 54 heavy (non-hydrogen) atoms. The van der Waals surface area contributed by atoms with E-state index in [1.54, 1.807) is 6.92 Å². The quantitative estimate of drug-likeness (QED) is 0.174. The Morgan fingerprint density at radius 3 is 2.11 bits per heavy atom. The van der Waals surface area contributed by atoms with Crippen molar-refractivity contribution >= 4 is 41.8 Å². The van der Waals surface area contributed by atoms with Crippen molar-refractivity contribution in [3.05, 3.63) is 0 Å². The number of rotatable bonds is 6. The number of sulfonamides is 1. The highest BCUT2D eigenvalue weighted by molar-refractivity contribution is 7.89. The maximum absolute atomic E-state index is 14.6. The molecule has 3 aliphatic heterocycles. The molecule has 0 aromatic carbocycles. The summed E-state index contributed by atoms with van der Waals surface area (Å²) < 4.78 is 55.0. The highest BCUT2D eigenvalue weighted by Gasteiger charge is 2.96. The third kappa shape index (κ3) is 4.38. The van der Waals surface area contributed by atoms with Gasteiger partial charge in [0.2, 0.25) is 15.7 Å². The van der Waals surface area contributed by atoms with Gasteiger partial charge in [-0.1, -0.05) is 61.2 Å². The summed E-state index contributed by atoms with van der Waals surface area (Å²) in [5.41, 5.74) is -7.23. The summed E-state index contributed by atoms with van der Waals surface area (Å²) in [7, 11) is -5.82. The van der Waals surface area contributed by atoms with Gasteiger partial charge in [-0.3, -0.25) is 14.4 Å². The molecule has 15 heteroatoms. The predicted octanol–water partition coefficient (Wildman–Crippen LogP) is 2.99. The second kappa shape index (κ2) is 11.2. The van der Waals surface area contributed by atoms with Crippen molar-refractivity contribution in [2.75, 3.05) is 5.75 Å². The molecule has 8 aliphatic rings. The Morgan fingerprint density at radius 1 is 0.926 bits per heavy atom. The number of aliphatic hydroxyl groups is 2. The standard InChI is InChI=1S/C39H59NO12SSi/c1-16-18(3)35(6)25-17(2)32-39(40(32)53(47,48)13-14-54(10,11)12)37(8,38(9,46)34(45)52-39)27(25)31(49-19(4)41)26(35)23-24(16)36(7)21(28(43)29(23)44)15-22-30(51-22)33(36)50-20(5)42/h16-18,21-27,29-33,44,46H,13-15H2,1-12H3/t16?,17-,18-,21+,22-,23?,24?,25-,26+,27-,29?,30-,31+,32+,33-,35+,36-,37-,38+,39-,40?/m0/s1. The van der Waals surface area contributed by atoms with Gasteiger partial charge in [-0.15, -0.1) is 0 Å². The van der Waals surface area contributed by atoms with Gasteiger partial charge in [-0.2, -0.15) is 4.31 Å². The maximum atomic E-state index is 14.6. The molecule has 8 fully saturated rings. The van der Waals surface area contributed by atoms with Gasteiger partial charge in [0.25, 0.3) is 0 Å². The SMILES string of the molecule is CC(=O)O[C@H]1[C@@H]2[C@H]([C@H](C)[C@H]3N(S(=O)(=O)CC[Si](C)(C)C)[C@]34OC(=O)[C@@](C)(O)[C@]24C)[C@]2(C)[C@@H]1C1C(O)C(=O)[C@H]3C[C@@H]4O[C@@H]4[C@H](OC(C)=O)[C@]3(C)C1C(C)[C@@H]2C. The molecule has 21 atom stereocenters. The number of hydrogen-bond donors (Lipinski definition) is 2. The van der Waals surface area contributed by atoms with E-state index in [1.807, 2.05) is 13.8 Å². The van der Waals surface area contributed by atoms with Crippen LogP contribution in [0.1, 0.15) is 68.7 Å². The van der Waals surface area contributed by atoms with Crippen molar-refractivity contribution in [2.24, 2.45) is 69.5 Å². The number of carbonyl (C=O) groups is 4. The Kier molecular flexibility index (Phi) is 8.06. The molecule has 302 valence electrons. The maximum Gasteiger partial charge on any atom is 0.340 e. The number of epoxide rings is 1. The van der Waals surface area contributed by atoms with Crippen LogP contribution in [0.2, 0.25) is 25.7 Å². The minimum atomic E-state index is -4.00. The van der Waals surface area contributed by atoms with Crippen LogP contribution in [0.4, 0.5) is 0 Å². The molecule has 1 spiro atoms. The zero-order valence-corrected chi connectivity index (χ0v) is 35.4. The third-order valence-corrected chi connectivity index (χ3v) is 21.1. The van der Waals surface area contributed by atoms with Gasteiger partial charge in [0, 0.05) is 51.0 Å². The van der Waals surface area contributed by atoms with E-state index in [4.69, 9.17) is 18.9 Å². The first-order chi connectivity index (χ1) is 24.7. The lowest BCUT2D eigenvalue weighted by Gasteiger charge is -2.66. The molecule has 2 N–H and O–H groups in total. The van der Waals surface area contributed by atoms with Crippen LogP contribution in [-0.2, 0) is 48.1 Å². The largest absolute Gasteiger partial charge is 0.462 e. The fraction of sp³-hybridized carbons (Fsp3) is 0.897. The van der Waals surface area contributed by atoms with Crippen LogP contribution in [0.15, 0.2) is 0 Å². The van der Waals surface area contributed by atoms with Crippen LogP contribution >= 0.6 is 0 Å². The number of ketones is 1. The molecular weight excluding hydrogens is 735 g/mol. The smallest absolute Gasteiger partial charge is 0.340 e. The molecule has 0 bridgehead atoms. The summed E-state index contributed by atoms with van der Waals surface area (Å²) in [4.78, 5) is 54.5. The number of hydrogen-bond acceptors (Lipinski definition) is 12. The Balaban J connectivity index is 1.33. The van der Waals surface area contributed by atoms with Crippen LogP contribution in [0.25, 0.3) is 0 Å². The Hall–Kier alpha value is -1.91. The molecule has 3 heterocycles. The minimum absolute atomic E-state index is 0.119.